The SMILES string of the molecule is Cc1cccc2c(N(C)CC(C)C(=O)O)ncnc12. The fraction of sp³-hybridized carbons (Fsp3) is 0.357. The predicted molar refractivity (Wildman–Crippen MR) is 74.3 cm³/mol. The number of para-hydroxylation sites is 1. The van der Waals surface area contributed by atoms with E-state index in [1.165, 1.54) is 6.33 Å². The highest BCUT2D eigenvalue weighted by Crippen LogP contribution is 2.24. The average molecular weight is 259 g/mol. The van der Waals surface area contributed by atoms with Crippen LogP contribution in [0.5, 0.6) is 0 Å². The van der Waals surface area contributed by atoms with Crippen molar-refractivity contribution < 1.29 is 9.90 Å². The Morgan fingerprint density at radius 2 is 2.16 bits per heavy atom. The summed E-state index contributed by atoms with van der Waals surface area (Å²) < 4.78 is 0. The van der Waals surface area contributed by atoms with E-state index in [1.807, 2.05) is 37.1 Å². The van der Waals surface area contributed by atoms with Crippen LogP contribution in [-0.4, -0.2) is 34.6 Å². The molecule has 2 rings (SSSR count). The highest BCUT2D eigenvalue weighted by atomic mass is 16.4. The van der Waals surface area contributed by atoms with Gasteiger partial charge < -0.3 is 10.0 Å². The molecule has 5 heteroatoms. The Kier molecular flexibility index (Phi) is 3.64. The number of aliphatic carboxylic acids is 1. The second kappa shape index (κ2) is 5.22. The maximum absolute atomic E-state index is 10.9. The van der Waals surface area contributed by atoms with Crippen molar-refractivity contribution in [1.82, 2.24) is 9.97 Å². The molecule has 1 aromatic carbocycles. The summed E-state index contributed by atoms with van der Waals surface area (Å²) in [6.07, 6.45) is 1.52. The highest BCUT2D eigenvalue weighted by Gasteiger charge is 2.16. The fourth-order valence-corrected chi connectivity index (χ4v) is 2.10. The molecule has 0 aliphatic rings. The van der Waals surface area contributed by atoms with Crippen molar-refractivity contribution in [3.8, 4) is 0 Å². The number of rotatable bonds is 4. The Morgan fingerprint density at radius 3 is 2.84 bits per heavy atom. The van der Waals surface area contributed by atoms with Crippen molar-refractivity contribution in [3.63, 3.8) is 0 Å². The Bertz CT molecular complexity index is 613. The van der Waals surface area contributed by atoms with Crippen molar-refractivity contribution in [2.24, 2.45) is 5.92 Å². The maximum Gasteiger partial charge on any atom is 0.308 e. The van der Waals surface area contributed by atoms with Crippen LogP contribution in [0.3, 0.4) is 0 Å². The van der Waals surface area contributed by atoms with E-state index >= 15 is 0 Å². The molecule has 0 aliphatic heterocycles. The average Bonchev–Trinajstić information content (AvgIpc) is 2.38. The van der Waals surface area contributed by atoms with Crippen LogP contribution < -0.4 is 4.90 Å². The standard InChI is InChI=1S/C14H17N3O2/c1-9-5-4-6-11-12(9)15-8-16-13(11)17(3)7-10(2)14(18)19/h4-6,8,10H,7H2,1-3H3,(H,18,19). The van der Waals surface area contributed by atoms with Gasteiger partial charge in [-0.2, -0.15) is 0 Å². The van der Waals surface area contributed by atoms with E-state index in [2.05, 4.69) is 9.97 Å². The number of benzene rings is 1. The number of hydrogen-bond acceptors (Lipinski definition) is 4. The molecule has 1 N–H and O–H groups in total. The second-order valence-corrected chi connectivity index (χ2v) is 4.79. The van der Waals surface area contributed by atoms with E-state index in [0.717, 1.165) is 22.3 Å². The molecule has 0 saturated heterocycles. The van der Waals surface area contributed by atoms with Gasteiger partial charge in [-0.05, 0) is 18.6 Å². The lowest BCUT2D eigenvalue weighted by Crippen LogP contribution is -2.29. The molecule has 2 aromatic rings. The molecule has 1 heterocycles. The number of carboxylic acid groups (broad SMARTS) is 1. The molecule has 0 bridgehead atoms. The van der Waals surface area contributed by atoms with Gasteiger partial charge in [0, 0.05) is 19.0 Å². The van der Waals surface area contributed by atoms with E-state index in [1.54, 1.807) is 6.92 Å². The molecule has 1 aromatic heterocycles. The van der Waals surface area contributed by atoms with Crippen LogP contribution in [0.1, 0.15) is 12.5 Å². The molecule has 0 saturated carbocycles. The first-order valence-electron chi connectivity index (χ1n) is 6.15. The second-order valence-electron chi connectivity index (χ2n) is 4.79. The summed E-state index contributed by atoms with van der Waals surface area (Å²) in [4.78, 5) is 21.4. The highest BCUT2D eigenvalue weighted by molar-refractivity contribution is 5.91. The number of aryl methyl sites for hydroxylation is 1. The van der Waals surface area contributed by atoms with Crippen LogP contribution in [0.25, 0.3) is 10.9 Å². The summed E-state index contributed by atoms with van der Waals surface area (Å²) >= 11 is 0. The Labute approximate surface area is 111 Å². The van der Waals surface area contributed by atoms with E-state index in [0.29, 0.717) is 6.54 Å². The number of fused-ring (bicyclic) bond motifs is 1. The maximum atomic E-state index is 10.9. The van der Waals surface area contributed by atoms with Gasteiger partial charge in [0.25, 0.3) is 0 Å². The number of nitrogens with zero attached hydrogens (tertiary/aromatic N) is 3. The van der Waals surface area contributed by atoms with Crippen LogP contribution >= 0.6 is 0 Å². The number of carbonyl (C=O) groups is 1. The minimum atomic E-state index is -0.804. The third-order valence-electron chi connectivity index (χ3n) is 3.18. The van der Waals surface area contributed by atoms with Crippen molar-refractivity contribution in [1.29, 1.82) is 0 Å². The molecular weight excluding hydrogens is 242 g/mol. The normalized spacial score (nSPS) is 12.4. The molecule has 0 spiro atoms. The Morgan fingerprint density at radius 1 is 1.42 bits per heavy atom. The number of hydrogen-bond donors (Lipinski definition) is 1. The lowest BCUT2D eigenvalue weighted by atomic mass is 10.1. The van der Waals surface area contributed by atoms with Gasteiger partial charge in [-0.25, -0.2) is 9.97 Å². The Hall–Kier alpha value is -2.17. The molecular formula is C14H17N3O2. The lowest BCUT2D eigenvalue weighted by Gasteiger charge is -2.21. The quantitative estimate of drug-likeness (QED) is 0.910. The summed E-state index contributed by atoms with van der Waals surface area (Å²) in [5, 5.41) is 9.92. The molecule has 0 radical (unpaired) electrons. The number of aromatic nitrogens is 2. The summed E-state index contributed by atoms with van der Waals surface area (Å²) in [5.41, 5.74) is 1.99. The zero-order valence-corrected chi connectivity index (χ0v) is 11.3. The minimum Gasteiger partial charge on any atom is -0.481 e. The largest absolute Gasteiger partial charge is 0.481 e. The van der Waals surface area contributed by atoms with Gasteiger partial charge in [0.1, 0.15) is 12.1 Å². The van der Waals surface area contributed by atoms with Crippen LogP contribution in [0.15, 0.2) is 24.5 Å². The Balaban J connectivity index is 2.40. The van der Waals surface area contributed by atoms with Gasteiger partial charge in [-0.15, -0.1) is 0 Å². The third kappa shape index (κ3) is 2.65. The third-order valence-corrected chi connectivity index (χ3v) is 3.18. The molecule has 1 atom stereocenters. The van der Waals surface area contributed by atoms with Gasteiger partial charge in [0.05, 0.1) is 11.4 Å². The number of anilines is 1. The van der Waals surface area contributed by atoms with Crippen molar-refractivity contribution in [3.05, 3.63) is 30.1 Å². The zero-order chi connectivity index (χ0) is 14.0. The van der Waals surface area contributed by atoms with Gasteiger partial charge in [-0.3, -0.25) is 4.79 Å². The van der Waals surface area contributed by atoms with E-state index in [4.69, 9.17) is 5.11 Å². The monoisotopic (exact) mass is 259 g/mol. The van der Waals surface area contributed by atoms with Gasteiger partial charge in [-0.1, -0.05) is 19.1 Å². The summed E-state index contributed by atoms with van der Waals surface area (Å²) in [6, 6.07) is 5.91. The minimum absolute atomic E-state index is 0.412. The van der Waals surface area contributed by atoms with E-state index in [-0.39, 0.29) is 0 Å². The van der Waals surface area contributed by atoms with Crippen molar-refractivity contribution in [2.45, 2.75) is 13.8 Å². The first-order valence-corrected chi connectivity index (χ1v) is 6.15. The zero-order valence-electron chi connectivity index (χ0n) is 11.3. The van der Waals surface area contributed by atoms with Crippen LogP contribution in [0, 0.1) is 12.8 Å². The van der Waals surface area contributed by atoms with Gasteiger partial charge >= 0.3 is 5.97 Å². The first kappa shape index (κ1) is 13.3. The van der Waals surface area contributed by atoms with Gasteiger partial charge in [0.15, 0.2) is 0 Å². The van der Waals surface area contributed by atoms with Crippen LogP contribution in [0.4, 0.5) is 5.82 Å². The predicted octanol–water partition coefficient (Wildman–Crippen LogP) is 2.10. The summed E-state index contributed by atoms with van der Waals surface area (Å²) in [5.74, 6) is -0.483. The van der Waals surface area contributed by atoms with E-state index < -0.39 is 11.9 Å². The molecule has 1 unspecified atom stereocenters. The first-order chi connectivity index (χ1) is 9.00. The lowest BCUT2D eigenvalue weighted by molar-refractivity contribution is -0.140. The van der Waals surface area contributed by atoms with E-state index in [9.17, 15) is 4.79 Å². The fourth-order valence-electron chi connectivity index (χ4n) is 2.10. The van der Waals surface area contributed by atoms with Crippen molar-refractivity contribution in [2.75, 3.05) is 18.5 Å². The van der Waals surface area contributed by atoms with Crippen molar-refractivity contribution >= 4 is 22.7 Å². The molecule has 0 amide bonds. The molecule has 0 fully saturated rings. The van der Waals surface area contributed by atoms with Crippen LogP contribution in [-0.2, 0) is 4.79 Å². The molecule has 100 valence electrons. The summed E-state index contributed by atoms with van der Waals surface area (Å²) in [7, 11) is 1.85. The van der Waals surface area contributed by atoms with Crippen LogP contribution in [0.2, 0.25) is 0 Å². The molecule has 5 nitrogen and oxygen atoms in total. The molecule has 0 aliphatic carbocycles. The number of carboxylic acids is 1. The topological polar surface area (TPSA) is 66.3 Å². The molecule has 19 heavy (non-hydrogen) atoms. The smallest absolute Gasteiger partial charge is 0.308 e. The van der Waals surface area contributed by atoms with Gasteiger partial charge in [0.2, 0.25) is 0 Å². The summed E-state index contributed by atoms with van der Waals surface area (Å²) in [6.45, 7) is 4.10.